The van der Waals surface area contributed by atoms with Crippen LogP contribution in [-0.4, -0.2) is 23.9 Å². The molecule has 1 saturated heterocycles. The molecule has 1 fully saturated rings. The Morgan fingerprint density at radius 3 is 2.64 bits per heavy atom. The lowest BCUT2D eigenvalue weighted by Crippen LogP contribution is -2.36. The van der Waals surface area contributed by atoms with Crippen molar-refractivity contribution in [2.45, 2.75) is 32.6 Å². The fourth-order valence-corrected chi connectivity index (χ4v) is 1.98. The van der Waals surface area contributed by atoms with Crippen LogP contribution in [0.25, 0.3) is 0 Å². The molecule has 1 amide bonds. The second-order valence-electron chi connectivity index (χ2n) is 3.78. The molecule has 78 valence electrons. The molecular weight excluding hydrogens is 194 g/mol. The Labute approximate surface area is 91.5 Å². The van der Waals surface area contributed by atoms with E-state index < -0.39 is 0 Å². The Balaban J connectivity index is 2.21. The second-order valence-corrected chi connectivity index (χ2v) is 4.00. The van der Waals surface area contributed by atoms with Crippen molar-refractivity contribution in [3.8, 4) is 11.2 Å². The summed E-state index contributed by atoms with van der Waals surface area (Å²) < 4.78 is 0. The molecule has 0 bridgehead atoms. The van der Waals surface area contributed by atoms with Gasteiger partial charge in [-0.05, 0) is 30.4 Å². The first-order valence-electron chi connectivity index (χ1n) is 5.11. The molecule has 1 rings (SSSR count). The Bertz CT molecular complexity index is 246. The number of piperidine rings is 1. The molecule has 0 atom stereocenters. The molecule has 0 aliphatic carbocycles. The number of likely N-dealkylation sites (tertiary alicyclic amines) is 1. The van der Waals surface area contributed by atoms with Crippen molar-refractivity contribution in [2.24, 2.45) is 5.92 Å². The number of carbonyl (C=O) groups is 1. The van der Waals surface area contributed by atoms with Gasteiger partial charge in [-0.2, -0.15) is 0 Å². The maximum absolute atomic E-state index is 11.1. The molecule has 1 aliphatic heterocycles. The summed E-state index contributed by atoms with van der Waals surface area (Å²) in [4.78, 5) is 13.0. The quantitative estimate of drug-likeness (QED) is 0.546. The van der Waals surface area contributed by atoms with Gasteiger partial charge in [0.2, 0.25) is 5.91 Å². The van der Waals surface area contributed by atoms with E-state index in [4.69, 9.17) is 0 Å². The van der Waals surface area contributed by atoms with Crippen molar-refractivity contribution in [3.05, 3.63) is 0 Å². The fourth-order valence-electron chi connectivity index (χ4n) is 1.87. The molecule has 0 spiro atoms. The molecule has 14 heavy (non-hydrogen) atoms. The lowest BCUT2D eigenvalue weighted by atomic mass is 9.92. The van der Waals surface area contributed by atoms with Crippen LogP contribution < -0.4 is 0 Å². The highest BCUT2D eigenvalue weighted by molar-refractivity contribution is 7.85. The van der Waals surface area contributed by atoms with Crippen molar-refractivity contribution >= 4 is 18.5 Å². The SMILES string of the molecule is CC(=O)N1CCC(CCC#CS)CC1. The molecule has 1 aliphatic rings. The van der Waals surface area contributed by atoms with Crippen LogP contribution in [0.3, 0.4) is 0 Å². The number of hydrogen-bond donors (Lipinski definition) is 1. The summed E-state index contributed by atoms with van der Waals surface area (Å²) in [6.07, 6.45) is 4.36. The van der Waals surface area contributed by atoms with Crippen LogP contribution in [0.2, 0.25) is 0 Å². The van der Waals surface area contributed by atoms with Crippen LogP contribution in [-0.2, 0) is 4.79 Å². The number of nitrogens with zero attached hydrogens (tertiary/aromatic N) is 1. The molecule has 0 unspecified atom stereocenters. The van der Waals surface area contributed by atoms with E-state index in [1.807, 2.05) is 4.90 Å². The summed E-state index contributed by atoms with van der Waals surface area (Å²) in [7, 11) is 0. The standard InChI is InChI=1S/C11H17NOS/c1-10(13)12-7-5-11(6-8-12)4-2-3-9-14/h11,14H,2,4-8H2,1H3. The zero-order valence-corrected chi connectivity index (χ0v) is 9.52. The first-order chi connectivity index (χ1) is 6.74. The van der Waals surface area contributed by atoms with Gasteiger partial charge in [0.1, 0.15) is 0 Å². The molecule has 0 aromatic carbocycles. The average molecular weight is 211 g/mol. The van der Waals surface area contributed by atoms with E-state index in [2.05, 4.69) is 23.8 Å². The lowest BCUT2D eigenvalue weighted by molar-refractivity contribution is -0.130. The molecule has 0 N–H and O–H groups in total. The van der Waals surface area contributed by atoms with E-state index in [1.165, 1.54) is 0 Å². The number of amides is 1. The molecule has 0 radical (unpaired) electrons. The second kappa shape index (κ2) is 5.98. The normalized spacial score (nSPS) is 17.4. The fraction of sp³-hybridized carbons (Fsp3) is 0.727. The van der Waals surface area contributed by atoms with Gasteiger partial charge in [-0.3, -0.25) is 4.79 Å². The number of thiol groups is 1. The van der Waals surface area contributed by atoms with E-state index in [9.17, 15) is 4.79 Å². The Hall–Kier alpha value is -0.620. The van der Waals surface area contributed by atoms with E-state index >= 15 is 0 Å². The van der Waals surface area contributed by atoms with Gasteiger partial charge in [-0.15, -0.1) is 0 Å². The van der Waals surface area contributed by atoms with Gasteiger partial charge < -0.3 is 4.90 Å². The summed E-state index contributed by atoms with van der Waals surface area (Å²) in [6.45, 7) is 3.50. The molecule has 0 aromatic rings. The van der Waals surface area contributed by atoms with Gasteiger partial charge in [-0.25, -0.2) is 0 Å². The highest BCUT2D eigenvalue weighted by atomic mass is 32.1. The third-order valence-electron chi connectivity index (χ3n) is 2.82. The highest BCUT2D eigenvalue weighted by Crippen LogP contribution is 2.21. The van der Waals surface area contributed by atoms with Gasteiger partial charge in [0.05, 0.1) is 0 Å². The van der Waals surface area contributed by atoms with Crippen molar-refractivity contribution in [1.29, 1.82) is 0 Å². The third-order valence-corrected chi connectivity index (χ3v) is 2.97. The van der Waals surface area contributed by atoms with Gasteiger partial charge in [-0.1, -0.05) is 18.5 Å². The zero-order chi connectivity index (χ0) is 10.4. The number of rotatable bonds is 2. The van der Waals surface area contributed by atoms with Crippen LogP contribution >= 0.6 is 12.6 Å². The lowest BCUT2D eigenvalue weighted by Gasteiger charge is -2.30. The Morgan fingerprint density at radius 1 is 1.50 bits per heavy atom. The highest BCUT2D eigenvalue weighted by Gasteiger charge is 2.19. The smallest absolute Gasteiger partial charge is 0.219 e. The van der Waals surface area contributed by atoms with Crippen LogP contribution in [0.1, 0.15) is 32.6 Å². The van der Waals surface area contributed by atoms with Crippen LogP contribution in [0, 0.1) is 17.1 Å². The number of carbonyl (C=O) groups excluding carboxylic acids is 1. The summed E-state index contributed by atoms with van der Waals surface area (Å²) in [5.41, 5.74) is 0. The topological polar surface area (TPSA) is 20.3 Å². The van der Waals surface area contributed by atoms with Gasteiger partial charge >= 0.3 is 0 Å². The molecule has 3 heteroatoms. The van der Waals surface area contributed by atoms with Gasteiger partial charge in [0.15, 0.2) is 0 Å². The first kappa shape index (κ1) is 11.5. The molecule has 0 saturated carbocycles. The third kappa shape index (κ3) is 3.63. The molecule has 0 aromatic heterocycles. The molecule has 1 heterocycles. The largest absolute Gasteiger partial charge is 0.343 e. The minimum absolute atomic E-state index is 0.207. The summed E-state index contributed by atoms with van der Waals surface area (Å²) in [5, 5.41) is 2.61. The predicted molar refractivity (Wildman–Crippen MR) is 61.0 cm³/mol. The van der Waals surface area contributed by atoms with Gasteiger partial charge in [0.25, 0.3) is 0 Å². The van der Waals surface area contributed by atoms with Crippen LogP contribution in [0.5, 0.6) is 0 Å². The Kier molecular flexibility index (Phi) is 4.89. The van der Waals surface area contributed by atoms with E-state index in [0.717, 1.165) is 44.7 Å². The maximum atomic E-state index is 11.1. The monoisotopic (exact) mass is 211 g/mol. The Morgan fingerprint density at radius 2 is 2.14 bits per heavy atom. The molecule has 2 nitrogen and oxygen atoms in total. The summed E-state index contributed by atoms with van der Waals surface area (Å²) >= 11 is 3.85. The van der Waals surface area contributed by atoms with Crippen molar-refractivity contribution in [3.63, 3.8) is 0 Å². The first-order valence-corrected chi connectivity index (χ1v) is 5.56. The molecular formula is C11H17NOS. The predicted octanol–water partition coefficient (Wildman–Crippen LogP) is 1.92. The average Bonchev–Trinajstić information content (AvgIpc) is 2.19. The van der Waals surface area contributed by atoms with Crippen LogP contribution in [0.4, 0.5) is 0 Å². The van der Waals surface area contributed by atoms with Crippen LogP contribution in [0.15, 0.2) is 0 Å². The van der Waals surface area contributed by atoms with E-state index in [-0.39, 0.29) is 5.91 Å². The minimum Gasteiger partial charge on any atom is -0.343 e. The number of hydrogen-bond acceptors (Lipinski definition) is 2. The van der Waals surface area contributed by atoms with E-state index in [1.54, 1.807) is 6.92 Å². The minimum atomic E-state index is 0.207. The zero-order valence-electron chi connectivity index (χ0n) is 8.62. The van der Waals surface area contributed by atoms with Crippen molar-refractivity contribution in [2.75, 3.05) is 13.1 Å². The van der Waals surface area contributed by atoms with Crippen molar-refractivity contribution in [1.82, 2.24) is 4.90 Å². The van der Waals surface area contributed by atoms with Crippen molar-refractivity contribution < 1.29 is 4.79 Å². The summed E-state index contributed by atoms with van der Waals surface area (Å²) in [6, 6.07) is 0. The van der Waals surface area contributed by atoms with Gasteiger partial charge in [0, 0.05) is 26.4 Å². The summed E-state index contributed by atoms with van der Waals surface area (Å²) in [5.74, 6) is 3.92. The maximum Gasteiger partial charge on any atom is 0.219 e. The van der Waals surface area contributed by atoms with E-state index in [0.29, 0.717) is 0 Å².